The van der Waals surface area contributed by atoms with Gasteiger partial charge in [-0.3, -0.25) is 0 Å². The van der Waals surface area contributed by atoms with E-state index in [1.54, 1.807) is 0 Å². The van der Waals surface area contributed by atoms with E-state index in [-0.39, 0.29) is 5.41 Å². The molecular formula is C14H19N3. The molecule has 17 heavy (non-hydrogen) atoms. The van der Waals surface area contributed by atoms with Crippen molar-refractivity contribution in [2.75, 3.05) is 23.7 Å². The second kappa shape index (κ2) is 4.67. The standard InChI is InChI=1S/C14H19N3/c1-2-17(11-14(7-8-14)9-10-15)13-6-4-3-5-12(13)16/h3-6H,2,7-9,11,16H2,1H3. The van der Waals surface area contributed by atoms with Crippen LogP contribution < -0.4 is 10.6 Å². The fourth-order valence-electron chi connectivity index (χ4n) is 2.28. The highest BCUT2D eigenvalue weighted by molar-refractivity contribution is 5.67. The van der Waals surface area contributed by atoms with Gasteiger partial charge in [0, 0.05) is 24.9 Å². The number of hydrogen-bond acceptors (Lipinski definition) is 3. The number of anilines is 2. The first-order valence-electron chi connectivity index (χ1n) is 6.17. The Balaban J connectivity index is 2.13. The molecule has 1 saturated carbocycles. The summed E-state index contributed by atoms with van der Waals surface area (Å²) in [5.41, 5.74) is 8.15. The van der Waals surface area contributed by atoms with Crippen LogP contribution in [0.1, 0.15) is 26.2 Å². The number of nitrogen functional groups attached to an aromatic ring is 1. The third kappa shape index (κ3) is 2.52. The lowest BCUT2D eigenvalue weighted by atomic mass is 10.0. The highest BCUT2D eigenvalue weighted by Gasteiger charge is 2.43. The van der Waals surface area contributed by atoms with E-state index in [1.165, 1.54) is 12.8 Å². The Morgan fingerprint density at radius 1 is 1.41 bits per heavy atom. The monoisotopic (exact) mass is 229 g/mol. The van der Waals surface area contributed by atoms with Gasteiger partial charge in [0.2, 0.25) is 0 Å². The Morgan fingerprint density at radius 2 is 2.12 bits per heavy atom. The van der Waals surface area contributed by atoms with Crippen molar-refractivity contribution >= 4 is 11.4 Å². The summed E-state index contributed by atoms with van der Waals surface area (Å²) in [6.45, 7) is 4.02. The normalized spacial score (nSPS) is 16.2. The van der Waals surface area contributed by atoms with Gasteiger partial charge in [0.15, 0.2) is 0 Å². The first kappa shape index (κ1) is 11.8. The zero-order valence-corrected chi connectivity index (χ0v) is 10.3. The van der Waals surface area contributed by atoms with Gasteiger partial charge in [-0.15, -0.1) is 0 Å². The molecule has 1 fully saturated rings. The molecule has 1 aromatic carbocycles. The first-order valence-corrected chi connectivity index (χ1v) is 6.17. The fraction of sp³-hybridized carbons (Fsp3) is 0.500. The minimum absolute atomic E-state index is 0.229. The fourth-order valence-corrected chi connectivity index (χ4v) is 2.28. The Bertz CT molecular complexity index is 429. The van der Waals surface area contributed by atoms with E-state index in [0.29, 0.717) is 6.42 Å². The lowest BCUT2D eigenvalue weighted by Gasteiger charge is -2.28. The van der Waals surface area contributed by atoms with Crippen molar-refractivity contribution in [2.45, 2.75) is 26.2 Å². The Hall–Kier alpha value is -1.69. The largest absolute Gasteiger partial charge is 0.397 e. The lowest BCUT2D eigenvalue weighted by molar-refractivity contribution is 0.513. The molecule has 90 valence electrons. The van der Waals surface area contributed by atoms with Crippen LogP contribution in [0.2, 0.25) is 0 Å². The predicted octanol–water partition coefficient (Wildman–Crippen LogP) is 2.79. The molecule has 2 rings (SSSR count). The van der Waals surface area contributed by atoms with E-state index in [4.69, 9.17) is 11.0 Å². The Labute approximate surface area is 103 Å². The molecule has 0 saturated heterocycles. The SMILES string of the molecule is CCN(CC1(CC#N)CC1)c1ccccc1N. The van der Waals surface area contributed by atoms with Crippen molar-refractivity contribution in [1.29, 1.82) is 5.26 Å². The van der Waals surface area contributed by atoms with Crippen LogP contribution >= 0.6 is 0 Å². The van der Waals surface area contributed by atoms with Crippen molar-refractivity contribution in [3.8, 4) is 6.07 Å². The quantitative estimate of drug-likeness (QED) is 0.790. The van der Waals surface area contributed by atoms with Gasteiger partial charge in [-0.05, 0) is 31.9 Å². The van der Waals surface area contributed by atoms with Crippen LogP contribution in [0.4, 0.5) is 11.4 Å². The van der Waals surface area contributed by atoms with Crippen LogP contribution in [-0.2, 0) is 0 Å². The van der Waals surface area contributed by atoms with Crippen molar-refractivity contribution in [3.05, 3.63) is 24.3 Å². The van der Waals surface area contributed by atoms with Crippen molar-refractivity contribution in [2.24, 2.45) is 5.41 Å². The van der Waals surface area contributed by atoms with E-state index in [0.717, 1.165) is 24.5 Å². The Kier molecular flexibility index (Phi) is 3.23. The van der Waals surface area contributed by atoms with Gasteiger partial charge in [-0.2, -0.15) is 5.26 Å². The first-order chi connectivity index (χ1) is 8.21. The van der Waals surface area contributed by atoms with Gasteiger partial charge in [0.25, 0.3) is 0 Å². The van der Waals surface area contributed by atoms with Gasteiger partial charge < -0.3 is 10.6 Å². The van der Waals surface area contributed by atoms with Gasteiger partial charge in [0.05, 0.1) is 17.4 Å². The van der Waals surface area contributed by atoms with E-state index in [1.807, 2.05) is 18.2 Å². The summed E-state index contributed by atoms with van der Waals surface area (Å²) < 4.78 is 0. The molecule has 1 aromatic rings. The maximum absolute atomic E-state index is 8.86. The highest BCUT2D eigenvalue weighted by Crippen LogP contribution is 2.49. The molecule has 2 N–H and O–H groups in total. The van der Waals surface area contributed by atoms with Crippen LogP contribution in [0.25, 0.3) is 0 Å². The maximum Gasteiger partial charge on any atom is 0.0628 e. The molecule has 0 aromatic heterocycles. The molecule has 0 aliphatic heterocycles. The number of nitrogens with two attached hydrogens (primary N) is 1. The van der Waals surface area contributed by atoms with Crippen molar-refractivity contribution in [1.82, 2.24) is 0 Å². The third-order valence-corrected chi connectivity index (χ3v) is 3.60. The summed E-state index contributed by atoms with van der Waals surface area (Å²) >= 11 is 0. The zero-order valence-electron chi connectivity index (χ0n) is 10.3. The molecule has 3 heteroatoms. The molecule has 0 radical (unpaired) electrons. The van der Waals surface area contributed by atoms with Gasteiger partial charge >= 0.3 is 0 Å². The third-order valence-electron chi connectivity index (χ3n) is 3.60. The maximum atomic E-state index is 8.86. The molecule has 0 unspecified atom stereocenters. The lowest BCUT2D eigenvalue weighted by Crippen LogP contribution is -2.30. The number of nitriles is 1. The van der Waals surface area contributed by atoms with E-state index < -0.39 is 0 Å². The number of benzene rings is 1. The molecule has 0 heterocycles. The Morgan fingerprint density at radius 3 is 2.65 bits per heavy atom. The number of hydrogen-bond donors (Lipinski definition) is 1. The molecule has 0 amide bonds. The van der Waals surface area contributed by atoms with Crippen molar-refractivity contribution in [3.63, 3.8) is 0 Å². The van der Waals surface area contributed by atoms with Gasteiger partial charge in [-0.1, -0.05) is 12.1 Å². The second-order valence-electron chi connectivity index (χ2n) is 4.91. The highest BCUT2D eigenvalue weighted by atomic mass is 15.1. The topological polar surface area (TPSA) is 53.0 Å². The van der Waals surface area contributed by atoms with E-state index >= 15 is 0 Å². The van der Waals surface area contributed by atoms with Crippen LogP contribution in [0, 0.1) is 16.7 Å². The molecule has 1 aliphatic rings. The number of para-hydroxylation sites is 2. The summed E-state index contributed by atoms with van der Waals surface area (Å²) in [6.07, 6.45) is 3.00. The molecule has 0 spiro atoms. The number of rotatable bonds is 5. The van der Waals surface area contributed by atoms with Crippen LogP contribution in [0.3, 0.4) is 0 Å². The molecule has 0 bridgehead atoms. The second-order valence-corrected chi connectivity index (χ2v) is 4.91. The van der Waals surface area contributed by atoms with Crippen molar-refractivity contribution < 1.29 is 0 Å². The van der Waals surface area contributed by atoms with Crippen LogP contribution in [0.15, 0.2) is 24.3 Å². The van der Waals surface area contributed by atoms with Crippen LogP contribution in [-0.4, -0.2) is 13.1 Å². The summed E-state index contributed by atoms with van der Waals surface area (Å²) in [7, 11) is 0. The number of nitrogens with zero attached hydrogens (tertiary/aromatic N) is 2. The minimum Gasteiger partial charge on any atom is -0.397 e. The smallest absolute Gasteiger partial charge is 0.0628 e. The average Bonchev–Trinajstić information content (AvgIpc) is 3.08. The molecule has 0 atom stereocenters. The average molecular weight is 229 g/mol. The summed E-state index contributed by atoms with van der Waals surface area (Å²) in [6, 6.07) is 10.3. The minimum atomic E-state index is 0.229. The summed E-state index contributed by atoms with van der Waals surface area (Å²) in [5, 5.41) is 8.86. The zero-order chi connectivity index (χ0) is 12.3. The van der Waals surface area contributed by atoms with E-state index in [9.17, 15) is 0 Å². The van der Waals surface area contributed by atoms with E-state index in [2.05, 4.69) is 24.0 Å². The predicted molar refractivity (Wildman–Crippen MR) is 70.6 cm³/mol. The molecular weight excluding hydrogens is 210 g/mol. The van der Waals surface area contributed by atoms with Crippen LogP contribution in [0.5, 0.6) is 0 Å². The molecule has 1 aliphatic carbocycles. The van der Waals surface area contributed by atoms with Gasteiger partial charge in [0.1, 0.15) is 0 Å². The summed E-state index contributed by atoms with van der Waals surface area (Å²) in [4.78, 5) is 2.29. The summed E-state index contributed by atoms with van der Waals surface area (Å²) in [5.74, 6) is 0. The van der Waals surface area contributed by atoms with Gasteiger partial charge in [-0.25, -0.2) is 0 Å². The molecule has 3 nitrogen and oxygen atoms in total.